The van der Waals surface area contributed by atoms with Crippen LogP contribution in [0.3, 0.4) is 0 Å². The van der Waals surface area contributed by atoms with Crippen LogP contribution in [0.25, 0.3) is 0 Å². The average molecular weight is 444 g/mol. The standard InChI is InChI=1S/C21H18BrNO5/c1-26-14-6-7-15(18(9-14)27-2)16-10-19(24)23(13-5-3-4-12(22)8-13)17-11-28-21(25)20(16)17/h3-9,16H,10-11H2,1-2H3/t16-/m1/s1. The van der Waals surface area contributed by atoms with E-state index in [2.05, 4.69) is 15.9 Å². The zero-order chi connectivity index (χ0) is 19.8. The number of hydrogen-bond acceptors (Lipinski definition) is 5. The zero-order valence-corrected chi connectivity index (χ0v) is 17.0. The minimum atomic E-state index is -0.429. The maximum absolute atomic E-state index is 13.1. The summed E-state index contributed by atoms with van der Waals surface area (Å²) in [6.45, 7) is 0.0708. The number of anilines is 1. The molecule has 0 fully saturated rings. The van der Waals surface area contributed by atoms with E-state index in [0.29, 0.717) is 28.5 Å². The third kappa shape index (κ3) is 3.05. The first kappa shape index (κ1) is 18.6. The number of hydrogen-bond donors (Lipinski definition) is 0. The molecule has 144 valence electrons. The summed E-state index contributed by atoms with van der Waals surface area (Å²) < 4.78 is 16.9. The third-order valence-electron chi connectivity index (χ3n) is 5.00. The van der Waals surface area contributed by atoms with Gasteiger partial charge >= 0.3 is 5.97 Å². The number of amides is 1. The van der Waals surface area contributed by atoms with E-state index in [9.17, 15) is 9.59 Å². The van der Waals surface area contributed by atoms with Gasteiger partial charge in [-0.25, -0.2) is 4.79 Å². The number of cyclic esters (lactones) is 1. The van der Waals surface area contributed by atoms with Crippen molar-refractivity contribution >= 4 is 33.5 Å². The van der Waals surface area contributed by atoms with Crippen LogP contribution in [0.1, 0.15) is 17.9 Å². The van der Waals surface area contributed by atoms with Crippen LogP contribution in [0, 0.1) is 0 Å². The van der Waals surface area contributed by atoms with Gasteiger partial charge in [-0.2, -0.15) is 0 Å². The number of esters is 1. The highest BCUT2D eigenvalue weighted by molar-refractivity contribution is 9.10. The van der Waals surface area contributed by atoms with Crippen molar-refractivity contribution in [3.8, 4) is 11.5 Å². The Balaban J connectivity index is 1.84. The highest BCUT2D eigenvalue weighted by Crippen LogP contribution is 2.45. The fourth-order valence-electron chi connectivity index (χ4n) is 3.74. The topological polar surface area (TPSA) is 65.1 Å². The van der Waals surface area contributed by atoms with Gasteiger partial charge < -0.3 is 14.2 Å². The SMILES string of the molecule is COc1ccc([C@H]2CC(=O)N(c3cccc(Br)c3)C3=C2C(=O)OC3)c(OC)c1. The van der Waals surface area contributed by atoms with Gasteiger partial charge in [0.25, 0.3) is 0 Å². The maximum Gasteiger partial charge on any atom is 0.336 e. The van der Waals surface area contributed by atoms with E-state index in [1.165, 1.54) is 0 Å². The Morgan fingerprint density at radius 2 is 1.93 bits per heavy atom. The van der Waals surface area contributed by atoms with Crippen LogP contribution >= 0.6 is 15.9 Å². The number of benzene rings is 2. The molecule has 2 aliphatic rings. The summed E-state index contributed by atoms with van der Waals surface area (Å²) >= 11 is 3.43. The molecule has 2 aromatic carbocycles. The fraction of sp³-hybridized carbons (Fsp3) is 0.238. The molecule has 0 aliphatic carbocycles. The molecule has 1 atom stereocenters. The molecule has 0 aromatic heterocycles. The second kappa shape index (κ2) is 7.31. The predicted octanol–water partition coefficient (Wildman–Crippen LogP) is 3.80. The minimum absolute atomic E-state index is 0.0708. The van der Waals surface area contributed by atoms with Gasteiger partial charge in [-0.3, -0.25) is 9.69 Å². The third-order valence-corrected chi connectivity index (χ3v) is 5.49. The Labute approximate surface area is 170 Å². The molecule has 1 amide bonds. The molecule has 2 aromatic rings. The summed E-state index contributed by atoms with van der Waals surface area (Å²) in [5, 5.41) is 0. The summed E-state index contributed by atoms with van der Waals surface area (Å²) in [6, 6.07) is 12.8. The van der Waals surface area contributed by atoms with Crippen LogP contribution in [0.2, 0.25) is 0 Å². The van der Waals surface area contributed by atoms with Gasteiger partial charge in [0.15, 0.2) is 0 Å². The highest BCUT2D eigenvalue weighted by atomic mass is 79.9. The molecule has 2 heterocycles. The summed E-state index contributed by atoms with van der Waals surface area (Å²) in [7, 11) is 3.13. The van der Waals surface area contributed by atoms with Crippen molar-refractivity contribution < 1.29 is 23.8 Å². The number of carbonyl (C=O) groups is 2. The van der Waals surface area contributed by atoms with E-state index < -0.39 is 11.9 Å². The van der Waals surface area contributed by atoms with Crippen molar-refractivity contribution in [3.63, 3.8) is 0 Å². The summed E-state index contributed by atoms with van der Waals surface area (Å²) in [4.78, 5) is 27.3. The summed E-state index contributed by atoms with van der Waals surface area (Å²) in [5.41, 5.74) is 2.55. The van der Waals surface area contributed by atoms with Gasteiger partial charge in [-0.1, -0.05) is 28.1 Å². The van der Waals surface area contributed by atoms with Gasteiger partial charge in [0.05, 0.1) is 25.5 Å². The second-order valence-corrected chi connectivity index (χ2v) is 7.43. The Morgan fingerprint density at radius 3 is 2.64 bits per heavy atom. The van der Waals surface area contributed by atoms with E-state index in [4.69, 9.17) is 14.2 Å². The first-order valence-corrected chi connectivity index (χ1v) is 9.53. The second-order valence-electron chi connectivity index (χ2n) is 6.51. The summed E-state index contributed by atoms with van der Waals surface area (Å²) in [5.74, 6) is 0.284. The molecule has 28 heavy (non-hydrogen) atoms. The normalized spacial score (nSPS) is 18.8. The number of halogens is 1. The van der Waals surface area contributed by atoms with E-state index >= 15 is 0 Å². The Morgan fingerprint density at radius 1 is 1.11 bits per heavy atom. The highest BCUT2D eigenvalue weighted by Gasteiger charge is 2.43. The van der Waals surface area contributed by atoms with Gasteiger partial charge in [-0.15, -0.1) is 0 Å². The van der Waals surface area contributed by atoms with E-state index in [-0.39, 0.29) is 18.9 Å². The molecule has 0 N–H and O–H groups in total. The van der Waals surface area contributed by atoms with Crippen molar-refractivity contribution in [2.45, 2.75) is 12.3 Å². The Bertz CT molecular complexity index is 1000. The molecule has 0 unspecified atom stereocenters. The van der Waals surface area contributed by atoms with Crippen LogP contribution in [-0.2, 0) is 14.3 Å². The lowest BCUT2D eigenvalue weighted by molar-refractivity contribution is -0.136. The van der Waals surface area contributed by atoms with Crippen molar-refractivity contribution in [2.75, 3.05) is 25.7 Å². The minimum Gasteiger partial charge on any atom is -0.497 e. The molecule has 0 saturated heterocycles. The molecular formula is C21H18BrNO5. The van der Waals surface area contributed by atoms with Crippen LogP contribution in [0.5, 0.6) is 11.5 Å². The number of rotatable bonds is 4. The van der Waals surface area contributed by atoms with Gasteiger partial charge in [-0.05, 0) is 24.3 Å². The lowest BCUT2D eigenvalue weighted by Gasteiger charge is -2.32. The van der Waals surface area contributed by atoms with E-state index in [1.807, 2.05) is 30.3 Å². The molecule has 0 spiro atoms. The Kier molecular flexibility index (Phi) is 4.85. The quantitative estimate of drug-likeness (QED) is 0.672. The molecule has 6 nitrogen and oxygen atoms in total. The smallest absolute Gasteiger partial charge is 0.336 e. The molecule has 4 rings (SSSR count). The lowest BCUT2D eigenvalue weighted by atomic mass is 9.83. The average Bonchev–Trinajstić information content (AvgIpc) is 3.08. The van der Waals surface area contributed by atoms with Crippen LogP contribution < -0.4 is 14.4 Å². The van der Waals surface area contributed by atoms with E-state index in [1.54, 1.807) is 31.3 Å². The summed E-state index contributed by atoms with van der Waals surface area (Å²) in [6.07, 6.45) is 0.142. The molecule has 0 bridgehead atoms. The molecule has 0 radical (unpaired) electrons. The Hall–Kier alpha value is -2.80. The monoisotopic (exact) mass is 443 g/mol. The first-order chi connectivity index (χ1) is 13.5. The van der Waals surface area contributed by atoms with E-state index in [0.717, 1.165) is 10.0 Å². The van der Waals surface area contributed by atoms with Crippen LogP contribution in [0.4, 0.5) is 5.69 Å². The van der Waals surface area contributed by atoms with Gasteiger partial charge in [0, 0.05) is 34.1 Å². The van der Waals surface area contributed by atoms with Gasteiger partial charge in [0.2, 0.25) is 5.91 Å². The van der Waals surface area contributed by atoms with Crippen molar-refractivity contribution in [1.29, 1.82) is 0 Å². The molecular weight excluding hydrogens is 426 g/mol. The number of ether oxygens (including phenoxy) is 3. The lowest BCUT2D eigenvalue weighted by Crippen LogP contribution is -2.37. The van der Waals surface area contributed by atoms with Crippen molar-refractivity contribution in [1.82, 2.24) is 0 Å². The molecule has 2 aliphatic heterocycles. The first-order valence-electron chi connectivity index (χ1n) is 8.74. The number of nitrogens with zero attached hydrogens (tertiary/aromatic N) is 1. The zero-order valence-electron chi connectivity index (χ0n) is 15.4. The van der Waals surface area contributed by atoms with Crippen molar-refractivity contribution in [2.24, 2.45) is 0 Å². The number of methoxy groups -OCH3 is 2. The van der Waals surface area contributed by atoms with Gasteiger partial charge in [0.1, 0.15) is 18.1 Å². The van der Waals surface area contributed by atoms with Crippen LogP contribution in [-0.4, -0.2) is 32.7 Å². The van der Waals surface area contributed by atoms with Crippen LogP contribution in [0.15, 0.2) is 58.2 Å². The maximum atomic E-state index is 13.1. The number of carbonyl (C=O) groups excluding carboxylic acids is 2. The molecule has 7 heteroatoms. The largest absolute Gasteiger partial charge is 0.497 e. The predicted molar refractivity (Wildman–Crippen MR) is 107 cm³/mol. The molecule has 0 saturated carbocycles. The van der Waals surface area contributed by atoms with Crippen molar-refractivity contribution in [3.05, 3.63) is 63.8 Å². The fourth-order valence-corrected chi connectivity index (χ4v) is 4.13.